The first kappa shape index (κ1) is 10.5. The summed E-state index contributed by atoms with van der Waals surface area (Å²) in [6, 6.07) is 1.96. The van der Waals surface area contributed by atoms with E-state index < -0.39 is 8.25 Å². The minimum atomic E-state index is -1.96. The third kappa shape index (κ3) is 7.41. The van der Waals surface area contributed by atoms with Gasteiger partial charge >= 0.3 is 8.25 Å². The molecule has 0 radical (unpaired) electrons. The summed E-state index contributed by atoms with van der Waals surface area (Å²) in [5, 5.41) is 8.13. The van der Waals surface area contributed by atoms with Gasteiger partial charge in [-0.15, -0.1) is 9.05 Å². The summed E-state index contributed by atoms with van der Waals surface area (Å²) in [7, 11) is -1.96. The number of unbranched alkanes of at least 4 members (excludes halogenated alkanes) is 1. The average molecular weight is 176 g/mol. The van der Waals surface area contributed by atoms with Crippen LogP contribution < -0.4 is 0 Å². The number of hydrogen-bond donors (Lipinski definition) is 0. The molecule has 0 saturated heterocycles. The van der Waals surface area contributed by atoms with Gasteiger partial charge in [0.1, 0.15) is 13.2 Å². The number of nitriles is 1. The Hall–Kier alpha value is -0.490. The van der Waals surface area contributed by atoms with Crippen LogP contribution in [-0.4, -0.2) is 13.2 Å². The van der Waals surface area contributed by atoms with E-state index in [1.54, 1.807) is 6.92 Å². The van der Waals surface area contributed by atoms with E-state index >= 15 is 0 Å². The van der Waals surface area contributed by atoms with Crippen LogP contribution in [0.3, 0.4) is 0 Å². The van der Waals surface area contributed by atoms with Crippen molar-refractivity contribution in [2.24, 2.45) is 0 Å². The zero-order valence-electron chi connectivity index (χ0n) is 6.45. The molecule has 0 fully saturated rings. The van der Waals surface area contributed by atoms with Crippen molar-refractivity contribution in [1.82, 2.24) is 0 Å². The molecular formula is C6H11NO3P+. The molecule has 0 saturated carbocycles. The normalized spacial score (nSPS) is 10.7. The SMILES string of the molecule is CCO[P+](=O)OCCCC#N. The Morgan fingerprint density at radius 3 is 2.82 bits per heavy atom. The van der Waals surface area contributed by atoms with Gasteiger partial charge in [-0.05, 0) is 13.3 Å². The zero-order chi connectivity index (χ0) is 8.53. The Labute approximate surface area is 67.1 Å². The molecule has 0 amide bonds. The van der Waals surface area contributed by atoms with Gasteiger partial charge in [0.2, 0.25) is 0 Å². The number of nitrogens with zero attached hydrogens (tertiary/aromatic N) is 1. The molecular weight excluding hydrogens is 165 g/mol. The van der Waals surface area contributed by atoms with E-state index in [2.05, 4.69) is 4.52 Å². The second kappa shape index (κ2) is 7.62. The van der Waals surface area contributed by atoms with Gasteiger partial charge in [-0.1, -0.05) is 0 Å². The molecule has 1 unspecified atom stereocenters. The van der Waals surface area contributed by atoms with E-state index in [-0.39, 0.29) is 0 Å². The van der Waals surface area contributed by atoms with Crippen LogP contribution in [-0.2, 0) is 13.6 Å². The van der Waals surface area contributed by atoms with E-state index in [1.165, 1.54) is 0 Å². The van der Waals surface area contributed by atoms with Gasteiger partial charge in [0, 0.05) is 11.0 Å². The second-order valence-electron chi connectivity index (χ2n) is 1.74. The van der Waals surface area contributed by atoms with Crippen LogP contribution in [0.25, 0.3) is 0 Å². The maximum Gasteiger partial charge on any atom is 0.697 e. The third-order valence-electron chi connectivity index (χ3n) is 0.864. The van der Waals surface area contributed by atoms with Crippen LogP contribution in [0.2, 0.25) is 0 Å². The van der Waals surface area contributed by atoms with Crippen molar-refractivity contribution in [3.05, 3.63) is 0 Å². The molecule has 0 N–H and O–H groups in total. The Bertz CT molecular complexity index is 154. The van der Waals surface area contributed by atoms with Gasteiger partial charge in [-0.25, -0.2) is 0 Å². The quantitative estimate of drug-likeness (QED) is 0.458. The van der Waals surface area contributed by atoms with Crippen LogP contribution in [0.5, 0.6) is 0 Å². The van der Waals surface area contributed by atoms with E-state index in [0.717, 1.165) is 0 Å². The van der Waals surface area contributed by atoms with Crippen molar-refractivity contribution in [1.29, 1.82) is 5.26 Å². The third-order valence-corrected chi connectivity index (χ3v) is 1.73. The molecule has 62 valence electrons. The molecule has 0 bridgehead atoms. The van der Waals surface area contributed by atoms with E-state index in [1.807, 2.05) is 6.07 Å². The Morgan fingerprint density at radius 2 is 2.27 bits per heavy atom. The van der Waals surface area contributed by atoms with Crippen molar-refractivity contribution >= 4 is 8.25 Å². The summed E-state index contributed by atoms with van der Waals surface area (Å²) in [6.07, 6.45) is 1.03. The Kier molecular flexibility index (Phi) is 7.28. The van der Waals surface area contributed by atoms with Crippen LogP contribution in [0, 0.1) is 11.3 Å². The van der Waals surface area contributed by atoms with Crippen molar-refractivity contribution < 1.29 is 13.6 Å². The molecule has 0 aromatic carbocycles. The van der Waals surface area contributed by atoms with Gasteiger partial charge < -0.3 is 0 Å². The maximum atomic E-state index is 10.6. The van der Waals surface area contributed by atoms with Crippen LogP contribution in [0.4, 0.5) is 0 Å². The summed E-state index contributed by atoms with van der Waals surface area (Å²) < 4.78 is 20.0. The smallest absolute Gasteiger partial charge is 0.198 e. The van der Waals surface area contributed by atoms with Crippen LogP contribution in [0.1, 0.15) is 19.8 Å². The van der Waals surface area contributed by atoms with Crippen LogP contribution in [0.15, 0.2) is 0 Å². The van der Waals surface area contributed by atoms with Crippen molar-refractivity contribution in [2.45, 2.75) is 19.8 Å². The molecule has 11 heavy (non-hydrogen) atoms. The molecule has 0 aliphatic carbocycles. The molecule has 0 spiro atoms. The van der Waals surface area contributed by atoms with Crippen molar-refractivity contribution in [3.8, 4) is 6.07 Å². The van der Waals surface area contributed by atoms with Gasteiger partial charge in [-0.3, -0.25) is 0 Å². The van der Waals surface area contributed by atoms with Gasteiger partial charge in [0.15, 0.2) is 0 Å². The average Bonchev–Trinajstić information content (AvgIpc) is 1.99. The molecule has 0 heterocycles. The lowest BCUT2D eigenvalue weighted by molar-refractivity contribution is 0.232. The Morgan fingerprint density at radius 1 is 1.55 bits per heavy atom. The fourth-order valence-electron chi connectivity index (χ4n) is 0.433. The molecule has 4 nitrogen and oxygen atoms in total. The lowest BCUT2D eigenvalue weighted by atomic mass is 10.4. The van der Waals surface area contributed by atoms with Crippen molar-refractivity contribution in [2.75, 3.05) is 13.2 Å². The maximum absolute atomic E-state index is 10.6. The van der Waals surface area contributed by atoms with Gasteiger partial charge in [0.05, 0.1) is 6.07 Å². The molecule has 0 aliphatic rings. The highest BCUT2D eigenvalue weighted by atomic mass is 31.1. The number of hydrogen-bond acceptors (Lipinski definition) is 4. The summed E-state index contributed by atoms with van der Waals surface area (Å²) in [5.41, 5.74) is 0. The minimum Gasteiger partial charge on any atom is -0.198 e. The van der Waals surface area contributed by atoms with E-state index in [4.69, 9.17) is 9.79 Å². The van der Waals surface area contributed by atoms with Crippen molar-refractivity contribution in [3.63, 3.8) is 0 Å². The first-order valence-corrected chi connectivity index (χ1v) is 4.50. The highest BCUT2D eigenvalue weighted by Gasteiger charge is 2.17. The highest BCUT2D eigenvalue weighted by molar-refractivity contribution is 7.33. The molecule has 0 aliphatic heterocycles. The fraction of sp³-hybridized carbons (Fsp3) is 0.833. The Balaban J connectivity index is 3.12. The summed E-state index contributed by atoms with van der Waals surface area (Å²) in [4.78, 5) is 0. The first-order chi connectivity index (χ1) is 5.31. The molecule has 0 aromatic heterocycles. The predicted octanol–water partition coefficient (Wildman–Crippen LogP) is 2.00. The topological polar surface area (TPSA) is 59.3 Å². The number of rotatable bonds is 6. The summed E-state index contributed by atoms with van der Waals surface area (Å²) in [6.45, 7) is 2.45. The highest BCUT2D eigenvalue weighted by Crippen LogP contribution is 2.23. The van der Waals surface area contributed by atoms with Gasteiger partial charge in [-0.2, -0.15) is 5.26 Å². The van der Waals surface area contributed by atoms with E-state index in [0.29, 0.717) is 26.1 Å². The molecule has 5 heteroatoms. The molecule has 0 rings (SSSR count). The fourth-order valence-corrected chi connectivity index (χ4v) is 0.997. The van der Waals surface area contributed by atoms with Crippen LogP contribution >= 0.6 is 8.25 Å². The largest absolute Gasteiger partial charge is 0.697 e. The molecule has 0 aromatic rings. The van der Waals surface area contributed by atoms with Gasteiger partial charge in [0.25, 0.3) is 0 Å². The zero-order valence-corrected chi connectivity index (χ0v) is 7.34. The second-order valence-corrected chi connectivity index (χ2v) is 2.70. The standard InChI is InChI=1S/C6H11NO3P/c1-2-9-11(8)10-6-4-3-5-7/h2-4,6H2,1H3/q+1. The monoisotopic (exact) mass is 176 g/mol. The lowest BCUT2D eigenvalue weighted by Crippen LogP contribution is -1.87. The first-order valence-electron chi connectivity index (χ1n) is 3.41. The lowest BCUT2D eigenvalue weighted by Gasteiger charge is -1.85. The molecule has 1 atom stereocenters. The predicted molar refractivity (Wildman–Crippen MR) is 40.0 cm³/mol. The summed E-state index contributed by atoms with van der Waals surface area (Å²) >= 11 is 0. The summed E-state index contributed by atoms with van der Waals surface area (Å²) in [5.74, 6) is 0. The minimum absolute atomic E-state index is 0.322. The van der Waals surface area contributed by atoms with E-state index in [9.17, 15) is 4.57 Å².